The summed E-state index contributed by atoms with van der Waals surface area (Å²) in [7, 11) is -3.47. The number of hydrogen-bond acceptors (Lipinski definition) is 5. The van der Waals surface area contributed by atoms with E-state index in [1.54, 1.807) is 41.4 Å². The highest BCUT2D eigenvalue weighted by Crippen LogP contribution is 2.17. The Morgan fingerprint density at radius 1 is 1.21 bits per heavy atom. The minimum Gasteiger partial charge on any atom is -0.357 e. The van der Waals surface area contributed by atoms with Crippen LogP contribution in [0.25, 0.3) is 0 Å². The predicted octanol–water partition coefficient (Wildman–Crippen LogP) is 2.78. The summed E-state index contributed by atoms with van der Waals surface area (Å²) >= 11 is 2.81. The molecule has 0 fully saturated rings. The molecule has 1 aromatic heterocycles. The first-order chi connectivity index (χ1) is 13.5. The maximum Gasteiger partial charge on any atom is 0.250 e. The Hall–Kier alpha value is -1.62. The van der Waals surface area contributed by atoms with E-state index in [1.807, 2.05) is 13.2 Å². The Bertz CT molecular complexity index is 871. The van der Waals surface area contributed by atoms with Gasteiger partial charge in [0.05, 0.1) is 6.54 Å². The van der Waals surface area contributed by atoms with E-state index < -0.39 is 10.0 Å². The van der Waals surface area contributed by atoms with Crippen LogP contribution in [-0.4, -0.2) is 40.3 Å². The summed E-state index contributed by atoms with van der Waals surface area (Å²) in [5, 5.41) is 7.96. The second kappa shape index (κ2) is 11.4. The average Bonchev–Trinajstić information content (AvgIpc) is 3.20. The quantitative estimate of drug-likeness (QED) is 0.298. The minimum atomic E-state index is -3.47. The van der Waals surface area contributed by atoms with Crippen molar-refractivity contribution in [2.45, 2.75) is 23.4 Å². The van der Waals surface area contributed by atoms with Gasteiger partial charge in [0.15, 0.2) is 5.96 Å². The number of sulfonamides is 1. The lowest BCUT2D eigenvalue weighted by Gasteiger charge is -2.13. The third-order valence-electron chi connectivity index (χ3n) is 3.69. The molecule has 0 aliphatic rings. The van der Waals surface area contributed by atoms with Crippen LogP contribution in [0.1, 0.15) is 18.1 Å². The number of thiophene rings is 1. The monoisotopic (exact) mass is 444 g/mol. The molecule has 10 heteroatoms. The number of thioether (sulfide) groups is 1. The smallest absolute Gasteiger partial charge is 0.250 e. The molecule has 0 radical (unpaired) electrons. The maximum atomic E-state index is 13.5. The first-order valence-electron chi connectivity index (χ1n) is 8.78. The van der Waals surface area contributed by atoms with Gasteiger partial charge in [-0.1, -0.05) is 12.1 Å². The zero-order chi connectivity index (χ0) is 20.4. The van der Waals surface area contributed by atoms with E-state index >= 15 is 0 Å². The fourth-order valence-corrected chi connectivity index (χ4v) is 5.05. The molecule has 0 unspecified atom stereocenters. The van der Waals surface area contributed by atoms with Crippen molar-refractivity contribution in [2.24, 2.45) is 4.99 Å². The van der Waals surface area contributed by atoms with E-state index in [-0.39, 0.29) is 12.4 Å². The molecule has 0 bridgehead atoms. The molecule has 0 atom stereocenters. The number of nitrogens with zero attached hydrogens (tertiary/aromatic N) is 1. The maximum absolute atomic E-state index is 13.5. The lowest BCUT2D eigenvalue weighted by Crippen LogP contribution is -2.41. The van der Waals surface area contributed by atoms with Gasteiger partial charge >= 0.3 is 0 Å². The van der Waals surface area contributed by atoms with Crippen LogP contribution in [0.15, 0.2) is 44.9 Å². The van der Waals surface area contributed by atoms with Crippen molar-refractivity contribution in [2.75, 3.05) is 25.9 Å². The summed E-state index contributed by atoms with van der Waals surface area (Å²) in [6.45, 7) is 3.66. The predicted molar refractivity (Wildman–Crippen MR) is 116 cm³/mol. The third kappa shape index (κ3) is 7.08. The number of rotatable bonds is 10. The highest BCUT2D eigenvalue weighted by molar-refractivity contribution is 7.97. The molecule has 0 saturated carbocycles. The second-order valence-corrected chi connectivity index (χ2v) is 9.61. The summed E-state index contributed by atoms with van der Waals surface area (Å²) in [6, 6.07) is 8.01. The van der Waals surface area contributed by atoms with Crippen molar-refractivity contribution < 1.29 is 12.8 Å². The Morgan fingerprint density at radius 3 is 2.71 bits per heavy atom. The fourth-order valence-electron chi connectivity index (χ4n) is 2.40. The molecule has 2 aromatic rings. The average molecular weight is 445 g/mol. The second-order valence-electron chi connectivity index (χ2n) is 5.80. The topological polar surface area (TPSA) is 82.6 Å². The Balaban J connectivity index is 1.92. The highest BCUT2D eigenvalue weighted by Gasteiger charge is 2.13. The van der Waals surface area contributed by atoms with Gasteiger partial charge in [0, 0.05) is 25.4 Å². The van der Waals surface area contributed by atoms with E-state index in [0.717, 1.165) is 16.9 Å². The van der Waals surface area contributed by atoms with E-state index in [2.05, 4.69) is 20.3 Å². The standard InChI is InChI=1S/C18H25FN4O2S3/c1-3-20-18(21-8-9-23-28(24,25)17-5-4-10-27-17)22-12-14-6-7-16(19)11-15(14)13-26-2/h4-7,10-11,23H,3,8-9,12-13H2,1-2H3,(H2,20,21,22). The number of nitrogens with one attached hydrogen (secondary N) is 3. The lowest BCUT2D eigenvalue weighted by molar-refractivity contribution is 0.582. The molecular weight excluding hydrogens is 419 g/mol. The van der Waals surface area contributed by atoms with Crippen molar-refractivity contribution in [3.8, 4) is 0 Å². The molecule has 1 heterocycles. The number of hydrogen-bond donors (Lipinski definition) is 3. The van der Waals surface area contributed by atoms with Gasteiger partial charge in [-0.3, -0.25) is 0 Å². The van der Waals surface area contributed by atoms with Crippen LogP contribution in [0.5, 0.6) is 0 Å². The molecule has 2 rings (SSSR count). The summed E-state index contributed by atoms with van der Waals surface area (Å²) < 4.78 is 40.5. The molecule has 1 aromatic carbocycles. The Morgan fingerprint density at radius 2 is 2.04 bits per heavy atom. The third-order valence-corrected chi connectivity index (χ3v) is 7.15. The van der Waals surface area contributed by atoms with E-state index in [4.69, 9.17) is 0 Å². The number of benzene rings is 1. The lowest BCUT2D eigenvalue weighted by atomic mass is 10.1. The van der Waals surface area contributed by atoms with Crippen molar-refractivity contribution in [1.29, 1.82) is 0 Å². The highest BCUT2D eigenvalue weighted by atomic mass is 32.2. The van der Waals surface area contributed by atoms with Gasteiger partial charge in [0.25, 0.3) is 0 Å². The number of aliphatic imine (C=N–C) groups is 1. The van der Waals surface area contributed by atoms with Gasteiger partial charge in [0.1, 0.15) is 10.0 Å². The van der Waals surface area contributed by atoms with Crippen molar-refractivity contribution in [1.82, 2.24) is 15.4 Å². The van der Waals surface area contributed by atoms with Crippen LogP contribution < -0.4 is 15.4 Å². The van der Waals surface area contributed by atoms with Crippen LogP contribution in [-0.2, 0) is 22.3 Å². The molecule has 0 amide bonds. The van der Waals surface area contributed by atoms with E-state index in [1.165, 1.54) is 17.4 Å². The van der Waals surface area contributed by atoms with Gasteiger partial charge in [-0.15, -0.1) is 11.3 Å². The number of guanidine groups is 1. The Kier molecular flexibility index (Phi) is 9.23. The Labute approximate surface area is 174 Å². The first-order valence-corrected chi connectivity index (χ1v) is 12.5. The molecule has 3 N–H and O–H groups in total. The van der Waals surface area contributed by atoms with Crippen molar-refractivity contribution in [3.63, 3.8) is 0 Å². The molecular formula is C18H25FN4O2S3. The molecule has 0 aliphatic carbocycles. The van der Waals surface area contributed by atoms with Gasteiger partial charge in [-0.25, -0.2) is 22.5 Å². The molecule has 0 spiro atoms. The number of halogens is 1. The van der Waals surface area contributed by atoms with Crippen LogP contribution in [0.4, 0.5) is 4.39 Å². The van der Waals surface area contributed by atoms with Crippen LogP contribution in [0.3, 0.4) is 0 Å². The largest absolute Gasteiger partial charge is 0.357 e. The molecule has 6 nitrogen and oxygen atoms in total. The fraction of sp³-hybridized carbons (Fsp3) is 0.389. The summed E-state index contributed by atoms with van der Waals surface area (Å²) in [5.74, 6) is 1.05. The normalized spacial score (nSPS) is 12.2. The zero-order valence-corrected chi connectivity index (χ0v) is 18.3. The van der Waals surface area contributed by atoms with Gasteiger partial charge in [-0.05, 0) is 47.9 Å². The van der Waals surface area contributed by atoms with Crippen LogP contribution in [0, 0.1) is 5.82 Å². The summed E-state index contributed by atoms with van der Waals surface area (Å²) in [5.41, 5.74) is 1.89. The summed E-state index contributed by atoms with van der Waals surface area (Å²) in [6.07, 6.45) is 1.97. The van der Waals surface area contributed by atoms with Crippen molar-refractivity contribution in [3.05, 3.63) is 52.7 Å². The van der Waals surface area contributed by atoms with Crippen LogP contribution >= 0.6 is 23.1 Å². The molecule has 28 heavy (non-hydrogen) atoms. The van der Waals surface area contributed by atoms with E-state index in [9.17, 15) is 12.8 Å². The first kappa shape index (κ1) is 22.7. The zero-order valence-electron chi connectivity index (χ0n) is 15.9. The van der Waals surface area contributed by atoms with Crippen LogP contribution in [0.2, 0.25) is 0 Å². The van der Waals surface area contributed by atoms with Crippen molar-refractivity contribution >= 4 is 39.1 Å². The van der Waals surface area contributed by atoms with Gasteiger partial charge in [-0.2, -0.15) is 11.8 Å². The van der Waals surface area contributed by atoms with Gasteiger partial charge in [0.2, 0.25) is 10.0 Å². The minimum absolute atomic E-state index is 0.235. The summed E-state index contributed by atoms with van der Waals surface area (Å²) in [4.78, 5) is 4.53. The van der Waals surface area contributed by atoms with E-state index in [0.29, 0.717) is 29.8 Å². The SMILES string of the molecule is CCNC(=NCc1ccc(F)cc1CSC)NCCNS(=O)(=O)c1cccs1. The molecule has 154 valence electrons. The molecule has 0 aliphatic heterocycles. The molecule has 0 saturated heterocycles. The van der Waals surface area contributed by atoms with Gasteiger partial charge < -0.3 is 10.6 Å².